The zero-order valence-electron chi connectivity index (χ0n) is 6.38. The Morgan fingerprint density at radius 1 is 1.82 bits per heavy atom. The fourth-order valence-corrected chi connectivity index (χ4v) is 2.09. The van der Waals surface area contributed by atoms with E-state index in [9.17, 15) is 4.79 Å². The Morgan fingerprint density at radius 2 is 2.55 bits per heavy atom. The van der Waals surface area contributed by atoms with Crippen LogP contribution in [0, 0.1) is 6.92 Å². The number of nitrogens with one attached hydrogen (secondary N) is 1. The van der Waals surface area contributed by atoms with Gasteiger partial charge in [0.1, 0.15) is 0 Å². The van der Waals surface area contributed by atoms with Gasteiger partial charge in [-0.3, -0.25) is 4.79 Å². The smallest absolute Gasteiger partial charge is 0.234 e. The van der Waals surface area contributed by atoms with Crippen LogP contribution >= 0.6 is 11.8 Å². The molecule has 11 heavy (non-hydrogen) atoms. The van der Waals surface area contributed by atoms with Crippen LogP contribution in [0.25, 0.3) is 0 Å². The predicted octanol–water partition coefficient (Wildman–Crippen LogP) is -0.231. The lowest BCUT2D eigenvalue weighted by Crippen LogP contribution is -2.36. The minimum absolute atomic E-state index is 0.112. The second-order valence-corrected chi connectivity index (χ2v) is 4.00. The first-order valence-corrected chi connectivity index (χ1v) is 4.72. The number of carbonyl (C=O) groups is 1. The molecule has 3 N–H and O–H groups in total. The second-order valence-electron chi connectivity index (χ2n) is 2.59. The molecular weight excluding hydrogens is 160 g/mol. The van der Waals surface area contributed by atoms with Crippen molar-refractivity contribution >= 4 is 17.7 Å². The minimum atomic E-state index is -0.239. The van der Waals surface area contributed by atoms with Crippen LogP contribution in [-0.4, -0.2) is 29.5 Å². The first-order chi connectivity index (χ1) is 5.24. The highest BCUT2D eigenvalue weighted by molar-refractivity contribution is 8.00. The van der Waals surface area contributed by atoms with Crippen LogP contribution in [0.1, 0.15) is 6.42 Å². The van der Waals surface area contributed by atoms with E-state index in [0.29, 0.717) is 5.25 Å². The van der Waals surface area contributed by atoms with E-state index >= 15 is 0 Å². The molecule has 1 rings (SSSR count). The number of carbonyl (C=O) groups excluding carboxylic acids is 1. The molecule has 1 saturated heterocycles. The Bertz CT molecular complexity index is 151. The third kappa shape index (κ3) is 2.38. The fourth-order valence-electron chi connectivity index (χ4n) is 1.21. The molecule has 1 radical (unpaired) electrons. The molecule has 0 saturated carbocycles. The zero-order chi connectivity index (χ0) is 8.27. The van der Waals surface area contributed by atoms with Crippen molar-refractivity contribution in [2.24, 2.45) is 5.73 Å². The number of thioether (sulfide) groups is 1. The molecule has 0 unspecified atom stereocenters. The summed E-state index contributed by atoms with van der Waals surface area (Å²) in [6, 6.07) is -0.112. The maximum absolute atomic E-state index is 10.7. The van der Waals surface area contributed by atoms with Gasteiger partial charge < -0.3 is 11.1 Å². The van der Waals surface area contributed by atoms with Crippen LogP contribution in [0.4, 0.5) is 0 Å². The fraction of sp³-hybridized carbons (Fsp3) is 0.714. The van der Waals surface area contributed by atoms with Crippen LogP contribution in [0.2, 0.25) is 0 Å². The molecule has 1 aliphatic heterocycles. The lowest BCUT2D eigenvalue weighted by Gasteiger charge is -2.04. The summed E-state index contributed by atoms with van der Waals surface area (Å²) in [5.41, 5.74) is 5.13. The average Bonchev–Trinajstić information content (AvgIpc) is 2.37. The molecule has 3 nitrogen and oxygen atoms in total. The molecule has 4 heteroatoms. The van der Waals surface area contributed by atoms with Crippen LogP contribution in [-0.2, 0) is 4.79 Å². The van der Waals surface area contributed by atoms with Crippen LogP contribution in [0.5, 0.6) is 0 Å². The Labute approximate surface area is 71.1 Å². The summed E-state index contributed by atoms with van der Waals surface area (Å²) in [7, 11) is 0. The first kappa shape index (κ1) is 8.87. The van der Waals surface area contributed by atoms with Crippen molar-refractivity contribution in [2.45, 2.75) is 17.7 Å². The number of amides is 1. The van der Waals surface area contributed by atoms with Gasteiger partial charge in [-0.25, -0.2) is 0 Å². The maximum Gasteiger partial charge on any atom is 0.234 e. The molecule has 0 bridgehead atoms. The predicted molar refractivity (Wildman–Crippen MR) is 47.2 cm³/mol. The highest BCUT2D eigenvalue weighted by atomic mass is 32.2. The molecule has 1 fully saturated rings. The quantitative estimate of drug-likeness (QED) is 0.620. The van der Waals surface area contributed by atoms with Crippen molar-refractivity contribution in [1.82, 2.24) is 5.32 Å². The summed E-state index contributed by atoms with van der Waals surface area (Å²) in [6.45, 7) is 4.62. The first-order valence-electron chi connectivity index (χ1n) is 3.67. The van der Waals surface area contributed by atoms with Gasteiger partial charge in [0.2, 0.25) is 5.91 Å². The summed E-state index contributed by atoms with van der Waals surface area (Å²) in [4.78, 5) is 10.7. The summed E-state index contributed by atoms with van der Waals surface area (Å²) in [5, 5.41) is 3.59. The number of primary amides is 1. The third-order valence-corrected chi connectivity index (χ3v) is 2.85. The van der Waals surface area contributed by atoms with Gasteiger partial charge in [-0.1, -0.05) is 0 Å². The molecule has 1 aliphatic rings. The van der Waals surface area contributed by atoms with Crippen LogP contribution in [0.3, 0.4) is 0 Å². The van der Waals surface area contributed by atoms with E-state index in [2.05, 4.69) is 12.2 Å². The summed E-state index contributed by atoms with van der Waals surface area (Å²) in [6.07, 6.45) is 0.857. The Hall–Kier alpha value is -0.220. The standard InChI is InChI=1S/C7H13N2OS/c1-2-11-5-3-6(7(8)10)9-4-5/h5-6,9H,1-4H2,(H2,8,10)/t5-,6-/m0/s1. The molecular formula is C7H13N2OS. The van der Waals surface area contributed by atoms with Gasteiger partial charge in [-0.2, -0.15) is 11.8 Å². The number of hydrogen-bond acceptors (Lipinski definition) is 3. The van der Waals surface area contributed by atoms with E-state index in [4.69, 9.17) is 5.73 Å². The van der Waals surface area contributed by atoms with Gasteiger partial charge in [0.05, 0.1) is 6.04 Å². The largest absolute Gasteiger partial charge is 0.368 e. The highest BCUT2D eigenvalue weighted by Gasteiger charge is 2.27. The molecule has 0 aromatic rings. The Morgan fingerprint density at radius 3 is 3.00 bits per heavy atom. The van der Waals surface area contributed by atoms with Crippen molar-refractivity contribution in [1.29, 1.82) is 0 Å². The molecule has 0 spiro atoms. The molecule has 0 aromatic carbocycles. The monoisotopic (exact) mass is 173 g/mol. The van der Waals surface area contributed by atoms with Crippen molar-refractivity contribution in [2.75, 3.05) is 12.3 Å². The molecule has 63 valence electrons. The van der Waals surface area contributed by atoms with Crippen LogP contribution in [0.15, 0.2) is 0 Å². The summed E-state index contributed by atoms with van der Waals surface area (Å²) < 4.78 is 0. The normalized spacial score (nSPS) is 30.6. The zero-order valence-corrected chi connectivity index (χ0v) is 7.19. The lowest BCUT2D eigenvalue weighted by molar-refractivity contribution is -0.119. The van der Waals surface area contributed by atoms with E-state index in [0.717, 1.165) is 18.7 Å². The number of rotatable bonds is 3. The molecule has 1 amide bonds. The van der Waals surface area contributed by atoms with Gasteiger partial charge in [0.15, 0.2) is 0 Å². The molecule has 1 heterocycles. The molecule has 0 aromatic heterocycles. The summed E-state index contributed by atoms with van der Waals surface area (Å²) in [5.74, 6) is 0.620. The van der Waals surface area contributed by atoms with Crippen molar-refractivity contribution in [3.05, 3.63) is 6.92 Å². The van der Waals surface area contributed by atoms with Crippen molar-refractivity contribution < 1.29 is 4.79 Å². The topological polar surface area (TPSA) is 55.1 Å². The molecule has 2 atom stereocenters. The Kier molecular flexibility index (Phi) is 3.20. The van der Waals surface area contributed by atoms with Crippen molar-refractivity contribution in [3.8, 4) is 0 Å². The van der Waals surface area contributed by atoms with Gasteiger partial charge in [-0.05, 0) is 19.1 Å². The van der Waals surface area contributed by atoms with E-state index in [1.807, 2.05) is 0 Å². The van der Waals surface area contributed by atoms with E-state index in [1.165, 1.54) is 0 Å². The van der Waals surface area contributed by atoms with Gasteiger partial charge in [-0.15, -0.1) is 0 Å². The molecule has 0 aliphatic carbocycles. The van der Waals surface area contributed by atoms with E-state index in [-0.39, 0.29) is 11.9 Å². The van der Waals surface area contributed by atoms with E-state index in [1.54, 1.807) is 11.8 Å². The summed E-state index contributed by atoms with van der Waals surface area (Å²) >= 11 is 1.78. The average molecular weight is 173 g/mol. The second kappa shape index (κ2) is 3.97. The Balaban J connectivity index is 2.29. The van der Waals surface area contributed by atoms with Gasteiger partial charge in [0.25, 0.3) is 0 Å². The van der Waals surface area contributed by atoms with E-state index < -0.39 is 0 Å². The van der Waals surface area contributed by atoms with Crippen molar-refractivity contribution in [3.63, 3.8) is 0 Å². The minimum Gasteiger partial charge on any atom is -0.368 e. The number of nitrogens with two attached hydrogens (primary N) is 1. The van der Waals surface area contributed by atoms with Crippen LogP contribution < -0.4 is 11.1 Å². The lowest BCUT2D eigenvalue weighted by atomic mass is 10.2. The highest BCUT2D eigenvalue weighted by Crippen LogP contribution is 2.19. The van der Waals surface area contributed by atoms with Gasteiger partial charge >= 0.3 is 0 Å². The maximum atomic E-state index is 10.7. The third-order valence-electron chi connectivity index (χ3n) is 1.79. The van der Waals surface area contributed by atoms with Gasteiger partial charge in [0, 0.05) is 11.8 Å². The number of hydrogen-bond donors (Lipinski definition) is 2. The SMILES string of the molecule is [CH2]CS[C@@H]1CN[C@H](C(N)=O)C1.